The Balaban J connectivity index is 2.75. The van der Waals surface area contributed by atoms with Gasteiger partial charge < -0.3 is 15.8 Å². The molecule has 0 aliphatic rings. The molecular formula is C13H21N3O2. The van der Waals surface area contributed by atoms with Crippen molar-refractivity contribution in [3.8, 4) is 5.88 Å². The molecule has 1 rings (SSSR count). The Morgan fingerprint density at radius 2 is 2.28 bits per heavy atom. The third-order valence-electron chi connectivity index (χ3n) is 2.87. The molecule has 0 bridgehead atoms. The van der Waals surface area contributed by atoms with Crippen LogP contribution in [0, 0.1) is 5.92 Å². The number of carbonyl (C=O) groups excluding carboxylic acids is 1. The van der Waals surface area contributed by atoms with Crippen LogP contribution in [0.5, 0.6) is 5.88 Å². The van der Waals surface area contributed by atoms with E-state index in [1.165, 1.54) is 0 Å². The van der Waals surface area contributed by atoms with E-state index in [9.17, 15) is 4.79 Å². The monoisotopic (exact) mass is 251 g/mol. The van der Waals surface area contributed by atoms with E-state index >= 15 is 0 Å². The standard InChI is InChI=1S/C13H21N3O2/c1-4-9(3)11(14)12(17)16-10-7-6-8-15-13(10)18-5-2/h6-9,11H,4-5,14H2,1-3H3,(H,16,17). The molecule has 5 nitrogen and oxygen atoms in total. The zero-order valence-corrected chi connectivity index (χ0v) is 11.1. The average molecular weight is 251 g/mol. The number of rotatable bonds is 6. The number of ether oxygens (including phenoxy) is 1. The largest absolute Gasteiger partial charge is 0.476 e. The summed E-state index contributed by atoms with van der Waals surface area (Å²) in [7, 11) is 0. The molecule has 18 heavy (non-hydrogen) atoms. The van der Waals surface area contributed by atoms with Gasteiger partial charge in [0.15, 0.2) is 0 Å². The van der Waals surface area contributed by atoms with Gasteiger partial charge in [-0.2, -0.15) is 0 Å². The van der Waals surface area contributed by atoms with Gasteiger partial charge in [0.1, 0.15) is 5.69 Å². The Labute approximate surface area is 108 Å². The lowest BCUT2D eigenvalue weighted by atomic mass is 9.99. The van der Waals surface area contributed by atoms with Crippen LogP contribution in [-0.2, 0) is 4.79 Å². The van der Waals surface area contributed by atoms with Crippen LogP contribution in [0.15, 0.2) is 18.3 Å². The quantitative estimate of drug-likeness (QED) is 0.808. The number of hydrogen-bond donors (Lipinski definition) is 2. The summed E-state index contributed by atoms with van der Waals surface area (Å²) in [5.41, 5.74) is 6.43. The van der Waals surface area contributed by atoms with Gasteiger partial charge in [-0.15, -0.1) is 0 Å². The maximum atomic E-state index is 11.9. The highest BCUT2D eigenvalue weighted by Crippen LogP contribution is 2.21. The zero-order chi connectivity index (χ0) is 13.5. The van der Waals surface area contributed by atoms with Gasteiger partial charge in [0, 0.05) is 6.20 Å². The summed E-state index contributed by atoms with van der Waals surface area (Å²) in [4.78, 5) is 16.0. The summed E-state index contributed by atoms with van der Waals surface area (Å²) in [6.45, 7) is 6.33. The maximum absolute atomic E-state index is 11.9. The van der Waals surface area contributed by atoms with Crippen LogP contribution < -0.4 is 15.8 Å². The van der Waals surface area contributed by atoms with Crippen molar-refractivity contribution in [3.05, 3.63) is 18.3 Å². The van der Waals surface area contributed by atoms with Crippen LogP contribution in [0.25, 0.3) is 0 Å². The molecule has 0 saturated carbocycles. The number of carbonyl (C=O) groups is 1. The van der Waals surface area contributed by atoms with Gasteiger partial charge in [0.05, 0.1) is 12.6 Å². The number of amides is 1. The van der Waals surface area contributed by atoms with E-state index in [0.717, 1.165) is 6.42 Å². The minimum absolute atomic E-state index is 0.136. The van der Waals surface area contributed by atoms with Gasteiger partial charge in [0.25, 0.3) is 0 Å². The lowest BCUT2D eigenvalue weighted by Gasteiger charge is -2.18. The first kappa shape index (κ1) is 14.4. The van der Waals surface area contributed by atoms with E-state index in [1.807, 2.05) is 20.8 Å². The Morgan fingerprint density at radius 3 is 2.89 bits per heavy atom. The van der Waals surface area contributed by atoms with E-state index in [1.54, 1.807) is 18.3 Å². The van der Waals surface area contributed by atoms with Crippen LogP contribution in [0.2, 0.25) is 0 Å². The smallest absolute Gasteiger partial charge is 0.241 e. The van der Waals surface area contributed by atoms with Gasteiger partial charge in [-0.1, -0.05) is 20.3 Å². The third-order valence-corrected chi connectivity index (χ3v) is 2.87. The van der Waals surface area contributed by atoms with Crippen molar-refractivity contribution >= 4 is 11.6 Å². The number of aromatic nitrogens is 1. The summed E-state index contributed by atoms with van der Waals surface area (Å²) in [5, 5.41) is 2.76. The summed E-state index contributed by atoms with van der Waals surface area (Å²) < 4.78 is 5.34. The molecule has 5 heteroatoms. The molecule has 2 unspecified atom stereocenters. The van der Waals surface area contributed by atoms with Crippen molar-refractivity contribution in [2.75, 3.05) is 11.9 Å². The molecule has 1 heterocycles. The summed E-state index contributed by atoms with van der Waals surface area (Å²) in [6.07, 6.45) is 2.48. The van der Waals surface area contributed by atoms with Crippen molar-refractivity contribution < 1.29 is 9.53 Å². The molecule has 0 aromatic carbocycles. The summed E-state index contributed by atoms with van der Waals surface area (Å²) in [5.74, 6) is 0.347. The predicted molar refractivity (Wildman–Crippen MR) is 71.5 cm³/mol. The first-order chi connectivity index (χ1) is 8.60. The molecule has 2 atom stereocenters. The highest BCUT2D eigenvalue weighted by molar-refractivity contribution is 5.95. The second-order valence-electron chi connectivity index (χ2n) is 4.19. The second kappa shape index (κ2) is 6.96. The number of hydrogen-bond acceptors (Lipinski definition) is 4. The van der Waals surface area contributed by atoms with E-state index in [2.05, 4.69) is 10.3 Å². The first-order valence-electron chi connectivity index (χ1n) is 6.24. The molecule has 100 valence electrons. The molecular weight excluding hydrogens is 230 g/mol. The Morgan fingerprint density at radius 1 is 1.56 bits per heavy atom. The van der Waals surface area contributed by atoms with Crippen LogP contribution in [0.3, 0.4) is 0 Å². The summed E-state index contributed by atoms with van der Waals surface area (Å²) >= 11 is 0. The minimum atomic E-state index is -0.523. The normalized spacial score (nSPS) is 13.8. The molecule has 0 radical (unpaired) electrons. The molecule has 0 fully saturated rings. The van der Waals surface area contributed by atoms with E-state index in [4.69, 9.17) is 10.5 Å². The third kappa shape index (κ3) is 3.70. The van der Waals surface area contributed by atoms with Crippen molar-refractivity contribution in [1.29, 1.82) is 0 Å². The fourth-order valence-electron chi connectivity index (χ4n) is 1.47. The van der Waals surface area contributed by atoms with Gasteiger partial charge in [0.2, 0.25) is 11.8 Å². The van der Waals surface area contributed by atoms with Crippen LogP contribution in [-0.4, -0.2) is 23.5 Å². The molecule has 1 aromatic heterocycles. The van der Waals surface area contributed by atoms with Crippen LogP contribution >= 0.6 is 0 Å². The molecule has 1 amide bonds. The first-order valence-corrected chi connectivity index (χ1v) is 6.24. The number of anilines is 1. The number of pyridine rings is 1. The Hall–Kier alpha value is -1.62. The Kier molecular flexibility index (Phi) is 5.58. The van der Waals surface area contributed by atoms with Crippen molar-refractivity contribution in [1.82, 2.24) is 4.98 Å². The van der Waals surface area contributed by atoms with Gasteiger partial charge >= 0.3 is 0 Å². The van der Waals surface area contributed by atoms with Crippen molar-refractivity contribution in [2.24, 2.45) is 11.7 Å². The zero-order valence-electron chi connectivity index (χ0n) is 11.1. The molecule has 0 aliphatic carbocycles. The molecule has 0 spiro atoms. The van der Waals surface area contributed by atoms with Gasteiger partial charge in [-0.05, 0) is 25.0 Å². The predicted octanol–water partition coefficient (Wildman–Crippen LogP) is 1.79. The number of nitrogens with zero attached hydrogens (tertiary/aromatic N) is 1. The minimum Gasteiger partial charge on any atom is -0.476 e. The van der Waals surface area contributed by atoms with Gasteiger partial charge in [-0.25, -0.2) is 4.98 Å². The fraction of sp³-hybridized carbons (Fsp3) is 0.538. The van der Waals surface area contributed by atoms with E-state index < -0.39 is 6.04 Å². The molecule has 3 N–H and O–H groups in total. The Bertz CT molecular complexity index is 396. The average Bonchev–Trinajstić information content (AvgIpc) is 2.39. The highest BCUT2D eigenvalue weighted by Gasteiger charge is 2.20. The van der Waals surface area contributed by atoms with Gasteiger partial charge in [-0.3, -0.25) is 4.79 Å². The fourth-order valence-corrected chi connectivity index (χ4v) is 1.47. The highest BCUT2D eigenvalue weighted by atomic mass is 16.5. The maximum Gasteiger partial charge on any atom is 0.241 e. The SMILES string of the molecule is CCOc1ncccc1NC(=O)C(N)C(C)CC. The lowest BCUT2D eigenvalue weighted by molar-refractivity contribution is -0.118. The number of nitrogens with one attached hydrogen (secondary N) is 1. The lowest BCUT2D eigenvalue weighted by Crippen LogP contribution is -2.40. The van der Waals surface area contributed by atoms with Crippen molar-refractivity contribution in [2.45, 2.75) is 33.2 Å². The number of nitrogens with two attached hydrogens (primary N) is 1. The molecule has 1 aromatic rings. The van der Waals surface area contributed by atoms with E-state index in [0.29, 0.717) is 18.2 Å². The second-order valence-corrected chi connectivity index (χ2v) is 4.19. The summed E-state index contributed by atoms with van der Waals surface area (Å²) in [6, 6.07) is 2.97. The molecule has 0 aliphatic heterocycles. The van der Waals surface area contributed by atoms with Crippen molar-refractivity contribution in [3.63, 3.8) is 0 Å². The van der Waals surface area contributed by atoms with E-state index in [-0.39, 0.29) is 11.8 Å². The van der Waals surface area contributed by atoms with Crippen LogP contribution in [0.1, 0.15) is 27.2 Å². The molecule has 0 saturated heterocycles. The van der Waals surface area contributed by atoms with Crippen LogP contribution in [0.4, 0.5) is 5.69 Å². The topological polar surface area (TPSA) is 77.2 Å².